The normalized spacial score (nSPS) is 10.9. The van der Waals surface area contributed by atoms with Gasteiger partial charge in [0, 0.05) is 12.8 Å². The molecule has 0 fully saturated rings. The Bertz CT molecular complexity index is 1610. The summed E-state index contributed by atoms with van der Waals surface area (Å²) in [4.78, 5) is 48.7. The lowest BCUT2D eigenvalue weighted by Crippen LogP contribution is -2.19. The lowest BCUT2D eigenvalue weighted by Gasteiger charge is -2.06. The van der Waals surface area contributed by atoms with E-state index in [0.717, 1.165) is 0 Å². The van der Waals surface area contributed by atoms with Crippen molar-refractivity contribution in [1.29, 1.82) is 0 Å². The zero-order valence-electron chi connectivity index (χ0n) is 24.3. The van der Waals surface area contributed by atoms with Crippen molar-refractivity contribution in [2.45, 2.75) is 25.7 Å². The van der Waals surface area contributed by atoms with Gasteiger partial charge in [-0.3, -0.25) is 9.59 Å². The molecule has 0 aliphatic heterocycles. The van der Waals surface area contributed by atoms with Gasteiger partial charge in [-0.25, -0.2) is 20.4 Å². The Morgan fingerprint density at radius 1 is 0.565 bits per heavy atom. The first-order valence-corrected chi connectivity index (χ1v) is 14.8. The second kappa shape index (κ2) is 17.2. The number of rotatable bonds is 13. The molecule has 0 radical (unpaired) electrons. The van der Waals surface area contributed by atoms with E-state index < -0.39 is 11.9 Å². The van der Waals surface area contributed by atoms with Gasteiger partial charge in [-0.2, -0.15) is 10.2 Å². The third kappa shape index (κ3) is 10.7. The van der Waals surface area contributed by atoms with Crippen molar-refractivity contribution in [3.63, 3.8) is 0 Å². The third-order valence-corrected chi connectivity index (χ3v) is 6.89. The maximum atomic E-state index is 12.3. The fourth-order valence-corrected chi connectivity index (χ4v) is 4.29. The molecule has 0 aliphatic rings. The first-order chi connectivity index (χ1) is 22.3. The molecule has 2 N–H and O–H groups in total. The summed E-state index contributed by atoms with van der Waals surface area (Å²) in [6.07, 6.45) is 4.28. The summed E-state index contributed by atoms with van der Waals surface area (Å²) in [5.41, 5.74) is 6.79. The molecule has 0 unspecified atom stereocenters. The molecule has 4 rings (SSSR count). The molecular formula is C34H28Cl2N4O6. The predicted octanol–water partition coefficient (Wildman–Crippen LogP) is 6.59. The number of esters is 2. The Labute approximate surface area is 275 Å². The summed E-state index contributed by atoms with van der Waals surface area (Å²) >= 11 is 12.1. The van der Waals surface area contributed by atoms with E-state index in [4.69, 9.17) is 32.7 Å². The summed E-state index contributed by atoms with van der Waals surface area (Å²) in [5, 5.41) is 8.47. The van der Waals surface area contributed by atoms with E-state index in [2.05, 4.69) is 21.1 Å². The largest absolute Gasteiger partial charge is 0.423 e. The molecule has 0 bridgehead atoms. The van der Waals surface area contributed by atoms with Gasteiger partial charge >= 0.3 is 11.9 Å². The fraction of sp³-hybridized carbons (Fsp3) is 0.118. The average Bonchev–Trinajstić information content (AvgIpc) is 3.05. The van der Waals surface area contributed by atoms with E-state index in [-0.39, 0.29) is 35.8 Å². The smallest absolute Gasteiger partial charge is 0.345 e. The molecule has 234 valence electrons. The second-order valence-corrected chi connectivity index (χ2v) is 10.5. The van der Waals surface area contributed by atoms with Crippen LogP contribution in [-0.4, -0.2) is 36.2 Å². The second-order valence-electron chi connectivity index (χ2n) is 9.67. The average molecular weight is 660 g/mol. The van der Waals surface area contributed by atoms with Crippen LogP contribution in [0.2, 0.25) is 10.0 Å². The Balaban J connectivity index is 1.09. The van der Waals surface area contributed by atoms with Crippen LogP contribution in [-0.2, 0) is 9.59 Å². The van der Waals surface area contributed by atoms with Gasteiger partial charge in [-0.15, -0.1) is 0 Å². The lowest BCUT2D eigenvalue weighted by molar-refractivity contribution is -0.123. The number of halogens is 2. The van der Waals surface area contributed by atoms with Gasteiger partial charge < -0.3 is 9.47 Å². The highest BCUT2D eigenvalue weighted by molar-refractivity contribution is 6.34. The highest BCUT2D eigenvalue weighted by Crippen LogP contribution is 2.20. The topological polar surface area (TPSA) is 136 Å². The number of hydrogen-bond donors (Lipinski definition) is 2. The van der Waals surface area contributed by atoms with Crippen LogP contribution in [0, 0.1) is 0 Å². The number of amides is 2. The Kier molecular flexibility index (Phi) is 12.6. The van der Waals surface area contributed by atoms with Gasteiger partial charge in [0.05, 0.1) is 33.6 Å². The summed E-state index contributed by atoms with van der Waals surface area (Å²) in [5.74, 6) is -1.04. The number of carbonyl (C=O) groups excluding carboxylic acids is 4. The van der Waals surface area contributed by atoms with E-state index in [1.165, 1.54) is 12.4 Å². The molecule has 0 aromatic heterocycles. The zero-order valence-corrected chi connectivity index (χ0v) is 25.8. The summed E-state index contributed by atoms with van der Waals surface area (Å²) in [6.45, 7) is 0. The van der Waals surface area contributed by atoms with Gasteiger partial charge in [0.15, 0.2) is 0 Å². The molecule has 12 heteroatoms. The molecule has 4 aromatic rings. The number of hydrazone groups is 2. The predicted molar refractivity (Wildman–Crippen MR) is 176 cm³/mol. The van der Waals surface area contributed by atoms with E-state index in [9.17, 15) is 19.2 Å². The van der Waals surface area contributed by atoms with Crippen molar-refractivity contribution in [3.05, 3.63) is 129 Å². The molecule has 46 heavy (non-hydrogen) atoms. The standard InChI is InChI=1S/C34H28Cl2N4O6/c35-29-9-3-1-7-27(29)33(43)45-25-17-13-23(14-18-25)21-37-39-31(41)11-5-6-12-32(42)40-38-22-24-15-19-26(20-16-24)46-34(44)28-8-2-4-10-30(28)36/h1-4,7-10,13-22H,5-6,11-12H2,(H,39,41)(H,40,42). The quantitative estimate of drug-likeness (QED) is 0.0547. The van der Waals surface area contributed by atoms with Gasteiger partial charge in [-0.1, -0.05) is 47.5 Å². The van der Waals surface area contributed by atoms with Gasteiger partial charge in [0.2, 0.25) is 11.8 Å². The van der Waals surface area contributed by atoms with Crippen LogP contribution >= 0.6 is 23.2 Å². The molecule has 0 saturated carbocycles. The van der Waals surface area contributed by atoms with Crippen LogP contribution in [0.1, 0.15) is 57.5 Å². The molecule has 4 aromatic carbocycles. The number of carbonyl (C=O) groups is 4. The zero-order chi connectivity index (χ0) is 32.7. The maximum absolute atomic E-state index is 12.3. The van der Waals surface area contributed by atoms with Crippen molar-refractivity contribution in [1.82, 2.24) is 10.9 Å². The molecule has 0 heterocycles. The fourth-order valence-electron chi connectivity index (χ4n) is 3.86. The van der Waals surface area contributed by atoms with Crippen molar-refractivity contribution in [3.8, 4) is 11.5 Å². The number of nitrogens with zero attached hydrogens (tertiary/aromatic N) is 2. The molecule has 0 saturated heterocycles. The van der Waals surface area contributed by atoms with Crippen molar-refractivity contribution in [2.24, 2.45) is 10.2 Å². The number of unbranched alkanes of at least 4 members (excludes halogenated alkanes) is 1. The Hall–Kier alpha value is -5.32. The minimum Gasteiger partial charge on any atom is -0.423 e. The summed E-state index contributed by atoms with van der Waals surface area (Å²) in [7, 11) is 0. The molecule has 2 amide bonds. The van der Waals surface area contributed by atoms with E-state index in [0.29, 0.717) is 45.5 Å². The van der Waals surface area contributed by atoms with Gasteiger partial charge in [0.1, 0.15) is 11.5 Å². The third-order valence-electron chi connectivity index (χ3n) is 6.23. The molecule has 0 spiro atoms. The molecule has 10 nitrogen and oxygen atoms in total. The highest BCUT2D eigenvalue weighted by Gasteiger charge is 2.13. The molecule has 0 atom stereocenters. The summed E-state index contributed by atoms with van der Waals surface area (Å²) < 4.78 is 10.7. The van der Waals surface area contributed by atoms with Crippen LogP contribution in [0.5, 0.6) is 11.5 Å². The van der Waals surface area contributed by atoms with Crippen LogP contribution < -0.4 is 20.3 Å². The Morgan fingerprint density at radius 2 is 0.935 bits per heavy atom. The van der Waals surface area contributed by atoms with Crippen LogP contribution in [0.15, 0.2) is 107 Å². The van der Waals surface area contributed by atoms with E-state index in [1.54, 1.807) is 97.1 Å². The van der Waals surface area contributed by atoms with Crippen LogP contribution in [0.3, 0.4) is 0 Å². The minimum atomic E-state index is -0.566. The Morgan fingerprint density at radius 3 is 1.30 bits per heavy atom. The number of ether oxygens (including phenoxy) is 2. The van der Waals surface area contributed by atoms with Gasteiger partial charge in [-0.05, 0) is 96.8 Å². The number of hydrogen-bond acceptors (Lipinski definition) is 8. The maximum Gasteiger partial charge on any atom is 0.345 e. The van der Waals surface area contributed by atoms with Crippen LogP contribution in [0.25, 0.3) is 0 Å². The lowest BCUT2D eigenvalue weighted by atomic mass is 10.2. The molecule has 0 aliphatic carbocycles. The van der Waals surface area contributed by atoms with Gasteiger partial charge in [0.25, 0.3) is 0 Å². The number of benzene rings is 4. The minimum absolute atomic E-state index is 0.193. The van der Waals surface area contributed by atoms with Crippen molar-refractivity contribution in [2.75, 3.05) is 0 Å². The van der Waals surface area contributed by atoms with E-state index >= 15 is 0 Å². The van der Waals surface area contributed by atoms with E-state index in [1.807, 2.05) is 0 Å². The monoisotopic (exact) mass is 658 g/mol. The first-order valence-electron chi connectivity index (χ1n) is 14.1. The highest BCUT2D eigenvalue weighted by atomic mass is 35.5. The summed E-state index contributed by atoms with van der Waals surface area (Å²) in [6, 6.07) is 26.4. The number of nitrogens with one attached hydrogen (secondary N) is 2. The first kappa shape index (κ1) is 33.6. The molecular weight excluding hydrogens is 631 g/mol. The van der Waals surface area contributed by atoms with Crippen molar-refractivity contribution >= 4 is 59.4 Å². The van der Waals surface area contributed by atoms with Crippen LogP contribution in [0.4, 0.5) is 0 Å². The SMILES string of the molecule is O=C(CCCCC(=O)NN=Cc1ccc(OC(=O)c2ccccc2Cl)cc1)NN=Cc1ccc(OC(=O)c2ccccc2Cl)cc1. The van der Waals surface area contributed by atoms with Crippen molar-refractivity contribution < 1.29 is 28.7 Å².